The van der Waals surface area contributed by atoms with E-state index in [2.05, 4.69) is 41.0 Å². The first-order valence-electron chi connectivity index (χ1n) is 13.3. The molecule has 1 aliphatic heterocycles. The first kappa shape index (κ1) is 25.1. The van der Waals surface area contributed by atoms with Crippen LogP contribution in [0.1, 0.15) is 31.7 Å². The fourth-order valence-electron chi connectivity index (χ4n) is 5.21. The van der Waals surface area contributed by atoms with Crippen molar-refractivity contribution < 1.29 is 14.2 Å². The first-order valence-corrected chi connectivity index (χ1v) is 13.3. The molecule has 4 aromatic rings. The third-order valence-electron chi connectivity index (χ3n) is 7.24. The van der Waals surface area contributed by atoms with E-state index in [4.69, 9.17) is 4.74 Å². The number of nitrogens with zero attached hydrogens (tertiary/aromatic N) is 2. The van der Waals surface area contributed by atoms with Crippen LogP contribution in [-0.4, -0.2) is 42.8 Å². The van der Waals surface area contributed by atoms with Gasteiger partial charge in [-0.2, -0.15) is 0 Å². The zero-order valence-electron chi connectivity index (χ0n) is 21.5. The molecule has 1 aliphatic rings. The summed E-state index contributed by atoms with van der Waals surface area (Å²) in [4.78, 5) is 4.66. The van der Waals surface area contributed by atoms with Crippen LogP contribution in [0.4, 0.5) is 10.1 Å². The monoisotopic (exact) mass is 498 g/mol. The lowest BCUT2D eigenvalue weighted by atomic mass is 9.99. The summed E-state index contributed by atoms with van der Waals surface area (Å²) in [5, 5.41) is 11.9. The van der Waals surface area contributed by atoms with Gasteiger partial charge < -0.3 is 14.7 Å². The number of benzene rings is 4. The SMILES string of the molecule is CCN(Cc1ccc(OCCN2CCCCC2)c(F)c1)c1ccccc1-c1ccc2cc(O)ccc2c1. The minimum Gasteiger partial charge on any atom is -0.508 e. The number of phenols is 1. The molecule has 5 rings (SSSR count). The van der Waals surface area contributed by atoms with Gasteiger partial charge in [-0.1, -0.05) is 48.9 Å². The number of halogens is 1. The van der Waals surface area contributed by atoms with Gasteiger partial charge >= 0.3 is 0 Å². The van der Waals surface area contributed by atoms with E-state index in [9.17, 15) is 9.50 Å². The van der Waals surface area contributed by atoms with Gasteiger partial charge in [0.2, 0.25) is 0 Å². The van der Waals surface area contributed by atoms with Crippen molar-refractivity contribution >= 4 is 16.5 Å². The van der Waals surface area contributed by atoms with E-state index in [0.717, 1.165) is 59.3 Å². The van der Waals surface area contributed by atoms with Crippen LogP contribution >= 0.6 is 0 Å². The standard InChI is InChI=1S/C32H35FN2O2/c1-2-35(23-24-10-15-32(30(33)20-24)37-19-18-34-16-6-3-7-17-34)31-9-5-4-8-29(31)27-12-11-26-22-28(36)14-13-25(26)21-27/h4-5,8-15,20-22,36H,2-3,6-7,16-19,23H2,1H3. The molecule has 0 amide bonds. The van der Waals surface area contributed by atoms with Crippen molar-refractivity contribution in [3.05, 3.63) is 90.2 Å². The maximum atomic E-state index is 14.9. The second-order valence-corrected chi connectivity index (χ2v) is 9.79. The quantitative estimate of drug-likeness (QED) is 0.264. The van der Waals surface area contributed by atoms with Crippen LogP contribution in [0.25, 0.3) is 21.9 Å². The summed E-state index contributed by atoms with van der Waals surface area (Å²) < 4.78 is 20.7. The highest BCUT2D eigenvalue weighted by Crippen LogP contribution is 2.34. The van der Waals surface area contributed by atoms with Gasteiger partial charge in [0, 0.05) is 30.9 Å². The minimum atomic E-state index is -0.307. The molecule has 0 saturated carbocycles. The Hall–Kier alpha value is -3.57. The lowest BCUT2D eigenvalue weighted by molar-refractivity contribution is 0.180. The summed E-state index contributed by atoms with van der Waals surface area (Å²) in [6.45, 7) is 7.08. The normalized spacial score (nSPS) is 14.1. The summed E-state index contributed by atoms with van der Waals surface area (Å²) in [6.07, 6.45) is 3.79. The number of likely N-dealkylation sites (tertiary alicyclic amines) is 1. The van der Waals surface area contributed by atoms with Gasteiger partial charge in [-0.3, -0.25) is 4.90 Å². The molecule has 1 N–H and O–H groups in total. The zero-order chi connectivity index (χ0) is 25.6. The van der Waals surface area contributed by atoms with E-state index in [0.29, 0.717) is 18.9 Å². The van der Waals surface area contributed by atoms with Crippen LogP contribution in [0.3, 0.4) is 0 Å². The van der Waals surface area contributed by atoms with Gasteiger partial charge in [-0.25, -0.2) is 4.39 Å². The molecule has 1 heterocycles. The summed E-state index contributed by atoms with van der Waals surface area (Å²) >= 11 is 0. The highest BCUT2D eigenvalue weighted by atomic mass is 19.1. The molecule has 37 heavy (non-hydrogen) atoms. The third-order valence-corrected chi connectivity index (χ3v) is 7.24. The molecule has 0 spiro atoms. The van der Waals surface area contributed by atoms with Gasteiger partial charge in [-0.05, 0) is 91.2 Å². The molecule has 192 valence electrons. The number of rotatable bonds is 9. The van der Waals surface area contributed by atoms with E-state index < -0.39 is 0 Å². The molecule has 1 fully saturated rings. The molecule has 0 atom stereocenters. The molecule has 0 bridgehead atoms. The van der Waals surface area contributed by atoms with Crippen LogP contribution in [0.15, 0.2) is 78.9 Å². The van der Waals surface area contributed by atoms with E-state index in [1.54, 1.807) is 24.3 Å². The number of phenolic OH excluding ortho intramolecular Hbond substituents is 1. The second kappa shape index (κ2) is 11.7. The predicted octanol–water partition coefficient (Wildman–Crippen LogP) is 7.24. The summed E-state index contributed by atoms with van der Waals surface area (Å²) in [5.41, 5.74) is 4.24. The number of aromatic hydroxyl groups is 1. The highest BCUT2D eigenvalue weighted by molar-refractivity contribution is 5.90. The van der Waals surface area contributed by atoms with Gasteiger partial charge in [0.1, 0.15) is 12.4 Å². The van der Waals surface area contributed by atoms with Gasteiger partial charge in [0.05, 0.1) is 0 Å². The van der Waals surface area contributed by atoms with Crippen molar-refractivity contribution in [3.8, 4) is 22.6 Å². The highest BCUT2D eigenvalue weighted by Gasteiger charge is 2.15. The first-order chi connectivity index (χ1) is 18.1. The molecule has 4 aromatic carbocycles. The van der Waals surface area contributed by atoms with Gasteiger partial charge in [-0.15, -0.1) is 0 Å². The van der Waals surface area contributed by atoms with Crippen molar-refractivity contribution in [3.63, 3.8) is 0 Å². The lowest BCUT2D eigenvalue weighted by Gasteiger charge is -2.27. The van der Waals surface area contributed by atoms with Crippen LogP contribution in [0, 0.1) is 5.82 Å². The van der Waals surface area contributed by atoms with Gasteiger partial charge in [0.25, 0.3) is 0 Å². The largest absolute Gasteiger partial charge is 0.508 e. The van der Waals surface area contributed by atoms with E-state index >= 15 is 0 Å². The average Bonchev–Trinajstić information content (AvgIpc) is 2.93. The number of hydrogen-bond donors (Lipinski definition) is 1. The summed E-state index contributed by atoms with van der Waals surface area (Å²) in [5.74, 6) is 0.285. The van der Waals surface area contributed by atoms with E-state index in [-0.39, 0.29) is 11.6 Å². The fraction of sp³-hybridized carbons (Fsp3) is 0.312. The predicted molar refractivity (Wildman–Crippen MR) is 150 cm³/mol. The maximum Gasteiger partial charge on any atom is 0.165 e. The van der Waals surface area contributed by atoms with Crippen molar-refractivity contribution in [2.75, 3.05) is 37.7 Å². The van der Waals surface area contributed by atoms with Crippen LogP contribution in [0.5, 0.6) is 11.5 Å². The number of piperidine rings is 1. The van der Waals surface area contributed by atoms with Gasteiger partial charge in [0.15, 0.2) is 11.6 Å². The van der Waals surface area contributed by atoms with Crippen molar-refractivity contribution in [2.24, 2.45) is 0 Å². The van der Waals surface area contributed by atoms with Crippen LogP contribution in [-0.2, 0) is 6.54 Å². The van der Waals surface area contributed by atoms with E-state index in [1.165, 1.54) is 19.3 Å². The molecular formula is C32H35FN2O2. The molecule has 5 heteroatoms. The average molecular weight is 499 g/mol. The Morgan fingerprint density at radius 3 is 2.49 bits per heavy atom. The molecular weight excluding hydrogens is 463 g/mol. The number of anilines is 1. The number of fused-ring (bicyclic) bond motifs is 1. The third kappa shape index (κ3) is 6.05. The fourth-order valence-corrected chi connectivity index (χ4v) is 5.21. The molecule has 0 unspecified atom stereocenters. The number of ether oxygens (including phenoxy) is 1. The molecule has 4 nitrogen and oxygen atoms in total. The Balaban J connectivity index is 1.31. The zero-order valence-corrected chi connectivity index (χ0v) is 21.5. The second-order valence-electron chi connectivity index (χ2n) is 9.79. The Labute approximate surface area is 218 Å². The Bertz CT molecular complexity index is 1350. The maximum absolute atomic E-state index is 14.9. The molecule has 1 saturated heterocycles. The smallest absolute Gasteiger partial charge is 0.165 e. The summed E-state index contributed by atoms with van der Waals surface area (Å²) in [7, 11) is 0. The van der Waals surface area contributed by atoms with E-state index in [1.807, 2.05) is 30.3 Å². The topological polar surface area (TPSA) is 35.9 Å². The van der Waals surface area contributed by atoms with Crippen molar-refractivity contribution in [1.29, 1.82) is 0 Å². The number of hydrogen-bond acceptors (Lipinski definition) is 4. The van der Waals surface area contributed by atoms with Crippen LogP contribution in [0.2, 0.25) is 0 Å². The molecule has 0 aliphatic carbocycles. The molecule has 0 aromatic heterocycles. The Kier molecular flexibility index (Phi) is 7.90. The summed E-state index contributed by atoms with van der Waals surface area (Å²) in [6, 6.07) is 25.4. The van der Waals surface area contributed by atoms with Crippen LogP contribution < -0.4 is 9.64 Å². The Morgan fingerprint density at radius 1 is 0.892 bits per heavy atom. The lowest BCUT2D eigenvalue weighted by Crippen LogP contribution is -2.33. The number of para-hydroxylation sites is 1. The Morgan fingerprint density at radius 2 is 1.68 bits per heavy atom. The van der Waals surface area contributed by atoms with Crippen molar-refractivity contribution in [2.45, 2.75) is 32.7 Å². The van der Waals surface area contributed by atoms with Crippen molar-refractivity contribution in [1.82, 2.24) is 4.90 Å². The minimum absolute atomic E-state index is 0.267. The molecule has 0 radical (unpaired) electrons.